The van der Waals surface area contributed by atoms with Crippen molar-refractivity contribution in [2.75, 3.05) is 0 Å². The summed E-state index contributed by atoms with van der Waals surface area (Å²) in [6.45, 7) is 6.74. The highest BCUT2D eigenvalue weighted by molar-refractivity contribution is 5.86. The SMILES string of the molecule is CC(=O)[C@H](CCC(=O)OCc1ccccc1)NC(=O)OC(C)(C)C. The molecular weight excluding hydrogens is 310 g/mol. The number of benzene rings is 1. The first-order chi connectivity index (χ1) is 11.2. The molecule has 0 saturated heterocycles. The molecule has 0 aliphatic heterocycles. The van der Waals surface area contributed by atoms with E-state index in [1.807, 2.05) is 30.3 Å². The van der Waals surface area contributed by atoms with E-state index in [1.165, 1.54) is 6.92 Å². The molecule has 0 bridgehead atoms. The monoisotopic (exact) mass is 335 g/mol. The summed E-state index contributed by atoms with van der Waals surface area (Å²) in [5.41, 5.74) is 0.237. The van der Waals surface area contributed by atoms with E-state index in [1.54, 1.807) is 20.8 Å². The van der Waals surface area contributed by atoms with Crippen LogP contribution in [0.3, 0.4) is 0 Å². The molecule has 0 aromatic heterocycles. The van der Waals surface area contributed by atoms with Crippen LogP contribution >= 0.6 is 0 Å². The van der Waals surface area contributed by atoms with Crippen molar-refractivity contribution in [2.24, 2.45) is 0 Å². The number of carbonyl (C=O) groups is 3. The Labute approximate surface area is 142 Å². The average molecular weight is 335 g/mol. The smallest absolute Gasteiger partial charge is 0.408 e. The Morgan fingerprint density at radius 3 is 2.29 bits per heavy atom. The number of nitrogens with one attached hydrogen (secondary N) is 1. The van der Waals surface area contributed by atoms with Crippen molar-refractivity contribution in [3.05, 3.63) is 35.9 Å². The molecule has 0 fully saturated rings. The van der Waals surface area contributed by atoms with E-state index >= 15 is 0 Å². The molecule has 1 rings (SSSR count). The van der Waals surface area contributed by atoms with Crippen LogP contribution in [0.15, 0.2) is 30.3 Å². The largest absolute Gasteiger partial charge is 0.461 e. The third-order valence-corrected chi connectivity index (χ3v) is 3.06. The highest BCUT2D eigenvalue weighted by atomic mass is 16.6. The van der Waals surface area contributed by atoms with Crippen molar-refractivity contribution < 1.29 is 23.9 Å². The van der Waals surface area contributed by atoms with Gasteiger partial charge in [0.2, 0.25) is 0 Å². The Hall–Kier alpha value is -2.37. The molecule has 0 saturated carbocycles. The van der Waals surface area contributed by atoms with Crippen LogP contribution in [0.5, 0.6) is 0 Å². The number of ketones is 1. The van der Waals surface area contributed by atoms with Crippen LogP contribution in [0.2, 0.25) is 0 Å². The maximum atomic E-state index is 11.8. The van der Waals surface area contributed by atoms with Crippen LogP contribution in [-0.2, 0) is 25.7 Å². The Morgan fingerprint density at radius 2 is 1.75 bits per heavy atom. The molecule has 6 heteroatoms. The number of Topliss-reactive ketones (excluding diaryl/α,β-unsaturated/α-hetero) is 1. The lowest BCUT2D eigenvalue weighted by molar-refractivity contribution is -0.145. The van der Waals surface area contributed by atoms with Gasteiger partial charge >= 0.3 is 12.1 Å². The maximum absolute atomic E-state index is 11.8. The highest BCUT2D eigenvalue weighted by Crippen LogP contribution is 2.09. The standard InChI is InChI=1S/C18H25NO5/c1-13(20)15(19-17(22)24-18(2,3)4)10-11-16(21)23-12-14-8-6-5-7-9-14/h5-9,15H,10-12H2,1-4H3,(H,19,22)/t15-/m0/s1. The summed E-state index contributed by atoms with van der Waals surface area (Å²) in [4.78, 5) is 35.1. The summed E-state index contributed by atoms with van der Waals surface area (Å²) < 4.78 is 10.3. The molecule has 24 heavy (non-hydrogen) atoms. The molecule has 0 unspecified atom stereocenters. The number of hydrogen-bond donors (Lipinski definition) is 1. The van der Waals surface area contributed by atoms with Gasteiger partial charge in [-0.2, -0.15) is 0 Å². The minimum Gasteiger partial charge on any atom is -0.461 e. The Kier molecular flexibility index (Phi) is 7.42. The topological polar surface area (TPSA) is 81.7 Å². The van der Waals surface area contributed by atoms with Gasteiger partial charge in [-0.1, -0.05) is 30.3 Å². The van der Waals surface area contributed by atoms with E-state index < -0.39 is 23.7 Å². The maximum Gasteiger partial charge on any atom is 0.408 e. The van der Waals surface area contributed by atoms with E-state index in [0.29, 0.717) is 0 Å². The van der Waals surface area contributed by atoms with Gasteiger partial charge in [-0.25, -0.2) is 4.79 Å². The molecule has 0 aliphatic rings. The average Bonchev–Trinajstić information content (AvgIpc) is 2.48. The fraction of sp³-hybridized carbons (Fsp3) is 0.500. The third-order valence-electron chi connectivity index (χ3n) is 3.06. The van der Waals surface area contributed by atoms with Gasteiger partial charge in [-0.15, -0.1) is 0 Å². The minimum absolute atomic E-state index is 0.0346. The second kappa shape index (κ2) is 9.05. The molecule has 1 aromatic rings. The first-order valence-electron chi connectivity index (χ1n) is 7.87. The zero-order valence-corrected chi connectivity index (χ0v) is 14.6. The first kappa shape index (κ1) is 19.7. The van der Waals surface area contributed by atoms with E-state index in [9.17, 15) is 14.4 Å². The molecule has 1 aromatic carbocycles. The van der Waals surface area contributed by atoms with E-state index in [4.69, 9.17) is 9.47 Å². The van der Waals surface area contributed by atoms with Gasteiger partial charge in [-0.3, -0.25) is 9.59 Å². The van der Waals surface area contributed by atoms with Crippen molar-refractivity contribution in [3.63, 3.8) is 0 Å². The summed E-state index contributed by atoms with van der Waals surface area (Å²) >= 11 is 0. The normalized spacial score (nSPS) is 12.2. The lowest BCUT2D eigenvalue weighted by Gasteiger charge is -2.22. The Bertz CT molecular complexity index is 563. The molecular formula is C18H25NO5. The van der Waals surface area contributed by atoms with Crippen LogP contribution in [-0.4, -0.2) is 29.5 Å². The molecule has 0 aliphatic carbocycles. The number of carbonyl (C=O) groups excluding carboxylic acids is 3. The first-order valence-corrected chi connectivity index (χ1v) is 7.87. The van der Waals surface area contributed by atoms with Crippen LogP contribution in [0.1, 0.15) is 46.1 Å². The van der Waals surface area contributed by atoms with Crippen LogP contribution in [0, 0.1) is 0 Å². The number of alkyl carbamates (subject to hydrolysis) is 1. The molecule has 1 N–H and O–H groups in total. The van der Waals surface area contributed by atoms with Gasteiger partial charge in [0.1, 0.15) is 12.2 Å². The lowest BCUT2D eigenvalue weighted by Crippen LogP contribution is -2.43. The van der Waals surface area contributed by atoms with Crippen molar-refractivity contribution in [2.45, 2.75) is 58.8 Å². The fourth-order valence-electron chi connectivity index (χ4n) is 1.90. The Balaban J connectivity index is 2.41. The summed E-state index contributed by atoms with van der Waals surface area (Å²) in [5.74, 6) is -0.659. The predicted molar refractivity (Wildman–Crippen MR) is 89.3 cm³/mol. The summed E-state index contributed by atoms with van der Waals surface area (Å²) in [6, 6.07) is 8.54. The molecule has 1 atom stereocenters. The predicted octanol–water partition coefficient (Wildman–Crippen LogP) is 2.99. The van der Waals surface area contributed by atoms with Gasteiger partial charge in [0.05, 0.1) is 6.04 Å². The second-order valence-electron chi connectivity index (χ2n) is 6.49. The lowest BCUT2D eigenvalue weighted by atomic mass is 10.1. The quantitative estimate of drug-likeness (QED) is 0.775. The van der Waals surface area contributed by atoms with Gasteiger partial charge in [0.25, 0.3) is 0 Å². The zero-order chi connectivity index (χ0) is 18.2. The van der Waals surface area contributed by atoms with Crippen molar-refractivity contribution in [3.8, 4) is 0 Å². The summed E-state index contributed by atoms with van der Waals surface area (Å²) in [7, 11) is 0. The zero-order valence-electron chi connectivity index (χ0n) is 14.6. The molecule has 6 nitrogen and oxygen atoms in total. The molecule has 0 heterocycles. The molecule has 0 spiro atoms. The van der Waals surface area contributed by atoms with Crippen LogP contribution in [0.25, 0.3) is 0 Å². The number of hydrogen-bond acceptors (Lipinski definition) is 5. The number of ether oxygens (including phenoxy) is 2. The van der Waals surface area contributed by atoms with Crippen molar-refractivity contribution in [1.29, 1.82) is 0 Å². The van der Waals surface area contributed by atoms with Crippen molar-refractivity contribution >= 4 is 17.8 Å². The van der Waals surface area contributed by atoms with Crippen LogP contribution in [0.4, 0.5) is 4.79 Å². The minimum atomic E-state index is -0.774. The third kappa shape index (κ3) is 8.31. The second-order valence-corrected chi connectivity index (χ2v) is 6.49. The summed E-state index contributed by atoms with van der Waals surface area (Å²) in [6.07, 6.45) is -0.477. The molecule has 1 amide bonds. The van der Waals surface area contributed by atoms with E-state index in [0.717, 1.165) is 5.56 Å². The van der Waals surface area contributed by atoms with Crippen molar-refractivity contribution in [1.82, 2.24) is 5.32 Å². The number of amides is 1. The summed E-state index contributed by atoms with van der Waals surface area (Å²) in [5, 5.41) is 2.48. The van der Waals surface area contributed by atoms with Crippen LogP contribution < -0.4 is 5.32 Å². The van der Waals surface area contributed by atoms with E-state index in [2.05, 4.69) is 5.32 Å². The van der Waals surface area contributed by atoms with Gasteiger partial charge in [0, 0.05) is 6.42 Å². The van der Waals surface area contributed by atoms with E-state index in [-0.39, 0.29) is 25.2 Å². The van der Waals surface area contributed by atoms with Gasteiger partial charge < -0.3 is 14.8 Å². The number of rotatable bonds is 7. The molecule has 0 radical (unpaired) electrons. The number of esters is 1. The fourth-order valence-corrected chi connectivity index (χ4v) is 1.90. The van der Waals surface area contributed by atoms with Gasteiger partial charge in [-0.05, 0) is 39.7 Å². The Morgan fingerprint density at radius 1 is 1.12 bits per heavy atom. The van der Waals surface area contributed by atoms with Gasteiger partial charge in [0.15, 0.2) is 5.78 Å². The highest BCUT2D eigenvalue weighted by Gasteiger charge is 2.22. The molecule has 132 valence electrons.